The minimum Gasteiger partial charge on any atom is -0.380 e. The van der Waals surface area contributed by atoms with Gasteiger partial charge in [-0.25, -0.2) is 0 Å². The van der Waals surface area contributed by atoms with E-state index in [0.717, 1.165) is 43.6 Å². The quantitative estimate of drug-likeness (QED) is 0.907. The molecule has 1 amide bonds. The van der Waals surface area contributed by atoms with Gasteiger partial charge in [0.2, 0.25) is 0 Å². The van der Waals surface area contributed by atoms with Gasteiger partial charge in [0.1, 0.15) is 0 Å². The zero-order valence-corrected chi connectivity index (χ0v) is 13.6. The fourth-order valence-corrected chi connectivity index (χ4v) is 2.72. The third-order valence-corrected chi connectivity index (χ3v) is 3.91. The van der Waals surface area contributed by atoms with Crippen LogP contribution in [-0.4, -0.2) is 44.6 Å². The summed E-state index contributed by atoms with van der Waals surface area (Å²) in [5.74, 6) is 0.852. The van der Waals surface area contributed by atoms with E-state index in [4.69, 9.17) is 4.74 Å². The lowest BCUT2D eigenvalue weighted by molar-refractivity contribution is 0.0691. The normalized spacial score (nSPS) is 15.6. The highest BCUT2D eigenvalue weighted by molar-refractivity contribution is 5.94. The molecule has 1 heterocycles. The average molecular weight is 313 g/mol. The van der Waals surface area contributed by atoms with Gasteiger partial charge in [0.25, 0.3) is 5.91 Å². The molecule has 0 saturated carbocycles. The minimum atomic E-state index is 0. The molecule has 0 spiro atoms. The molecule has 1 saturated heterocycles. The van der Waals surface area contributed by atoms with Crippen LogP contribution in [-0.2, 0) is 11.3 Å². The lowest BCUT2D eigenvalue weighted by atomic mass is 9.96. The van der Waals surface area contributed by atoms with E-state index >= 15 is 0 Å². The fraction of sp³-hybridized carbons (Fsp3) is 0.562. The fourth-order valence-electron chi connectivity index (χ4n) is 2.72. The van der Waals surface area contributed by atoms with Crippen molar-refractivity contribution in [2.24, 2.45) is 5.92 Å². The highest BCUT2D eigenvalue weighted by atomic mass is 35.5. The number of rotatable bonds is 5. The highest BCUT2D eigenvalue weighted by Crippen LogP contribution is 2.18. The summed E-state index contributed by atoms with van der Waals surface area (Å²) in [7, 11) is 3.66. The maximum atomic E-state index is 12.4. The van der Waals surface area contributed by atoms with Gasteiger partial charge in [-0.3, -0.25) is 4.79 Å². The minimum absolute atomic E-state index is 0. The second-order valence-electron chi connectivity index (χ2n) is 5.42. The third-order valence-electron chi connectivity index (χ3n) is 3.91. The van der Waals surface area contributed by atoms with Gasteiger partial charge >= 0.3 is 0 Å². The van der Waals surface area contributed by atoms with Gasteiger partial charge in [-0.2, -0.15) is 0 Å². The molecule has 21 heavy (non-hydrogen) atoms. The molecular formula is C16H25ClN2O2. The second kappa shape index (κ2) is 9.03. The second-order valence-corrected chi connectivity index (χ2v) is 5.42. The Balaban J connectivity index is 0.00000220. The number of ether oxygens (including phenoxy) is 1. The lowest BCUT2D eigenvalue weighted by Crippen LogP contribution is -2.40. The number of benzene rings is 1. The average Bonchev–Trinajstić information content (AvgIpc) is 2.49. The van der Waals surface area contributed by atoms with Gasteiger partial charge in [0, 0.05) is 25.8 Å². The van der Waals surface area contributed by atoms with E-state index in [0.29, 0.717) is 12.5 Å². The molecule has 2 rings (SSSR count). The Labute approximate surface area is 133 Å². The molecule has 0 aliphatic carbocycles. The van der Waals surface area contributed by atoms with E-state index in [-0.39, 0.29) is 18.3 Å². The van der Waals surface area contributed by atoms with Crippen LogP contribution in [0.2, 0.25) is 0 Å². The molecule has 1 aromatic rings. The molecule has 1 aliphatic heterocycles. The molecule has 118 valence electrons. The van der Waals surface area contributed by atoms with E-state index in [1.807, 2.05) is 36.2 Å². The van der Waals surface area contributed by atoms with Crippen LogP contribution < -0.4 is 5.32 Å². The Morgan fingerprint density at radius 3 is 2.43 bits per heavy atom. The van der Waals surface area contributed by atoms with Crippen molar-refractivity contribution in [3.63, 3.8) is 0 Å². The number of nitrogens with one attached hydrogen (secondary N) is 1. The lowest BCUT2D eigenvalue weighted by Gasteiger charge is -2.32. The number of hydrogen-bond acceptors (Lipinski definition) is 3. The summed E-state index contributed by atoms with van der Waals surface area (Å²) in [6.07, 6.45) is 2.18. The van der Waals surface area contributed by atoms with Crippen molar-refractivity contribution >= 4 is 18.3 Å². The molecule has 0 unspecified atom stereocenters. The Morgan fingerprint density at radius 2 is 1.90 bits per heavy atom. The van der Waals surface area contributed by atoms with Gasteiger partial charge in [-0.05, 0) is 50.0 Å². The van der Waals surface area contributed by atoms with Crippen LogP contribution in [0.5, 0.6) is 0 Å². The van der Waals surface area contributed by atoms with Gasteiger partial charge in [-0.15, -0.1) is 12.4 Å². The number of methoxy groups -OCH3 is 1. The maximum Gasteiger partial charge on any atom is 0.253 e. The van der Waals surface area contributed by atoms with Crippen molar-refractivity contribution in [1.29, 1.82) is 0 Å². The van der Waals surface area contributed by atoms with E-state index in [1.54, 1.807) is 7.11 Å². The summed E-state index contributed by atoms with van der Waals surface area (Å²) in [6, 6.07) is 7.72. The SMILES string of the molecule is CNCC1CCN(C(=O)c2ccc(COC)cc2)CC1.Cl. The summed E-state index contributed by atoms with van der Waals surface area (Å²) in [4.78, 5) is 14.4. The van der Waals surface area contributed by atoms with Gasteiger partial charge in [0.05, 0.1) is 6.61 Å². The van der Waals surface area contributed by atoms with E-state index < -0.39 is 0 Å². The van der Waals surface area contributed by atoms with Crippen molar-refractivity contribution in [3.8, 4) is 0 Å². The first-order chi connectivity index (χ1) is 9.74. The molecule has 0 atom stereocenters. The van der Waals surface area contributed by atoms with Crippen LogP contribution in [0.3, 0.4) is 0 Å². The Kier molecular flexibility index (Phi) is 7.72. The van der Waals surface area contributed by atoms with E-state index in [1.165, 1.54) is 0 Å². The van der Waals surface area contributed by atoms with Gasteiger partial charge in [0.15, 0.2) is 0 Å². The molecule has 0 radical (unpaired) electrons. The first-order valence-electron chi connectivity index (χ1n) is 7.26. The molecule has 1 fully saturated rings. The smallest absolute Gasteiger partial charge is 0.253 e. The van der Waals surface area contributed by atoms with Crippen LogP contribution in [0, 0.1) is 5.92 Å². The molecule has 4 nitrogen and oxygen atoms in total. The molecule has 1 N–H and O–H groups in total. The zero-order valence-electron chi connectivity index (χ0n) is 12.8. The number of hydrogen-bond donors (Lipinski definition) is 1. The Hall–Kier alpha value is -1.10. The maximum absolute atomic E-state index is 12.4. The van der Waals surface area contributed by atoms with Gasteiger partial charge in [-0.1, -0.05) is 12.1 Å². The standard InChI is InChI=1S/C16H24N2O2.ClH/c1-17-11-13-7-9-18(10-8-13)16(19)15-5-3-14(4-6-15)12-20-2;/h3-6,13,17H,7-12H2,1-2H3;1H. The number of carbonyl (C=O) groups excluding carboxylic acids is 1. The predicted molar refractivity (Wildman–Crippen MR) is 87.0 cm³/mol. The molecule has 1 aliphatic rings. The van der Waals surface area contributed by atoms with E-state index in [9.17, 15) is 4.79 Å². The molecular weight excluding hydrogens is 288 g/mol. The van der Waals surface area contributed by atoms with E-state index in [2.05, 4.69) is 5.32 Å². The van der Waals surface area contributed by atoms with Crippen molar-refractivity contribution in [1.82, 2.24) is 10.2 Å². The number of amides is 1. The van der Waals surface area contributed by atoms with Crippen LogP contribution in [0.25, 0.3) is 0 Å². The van der Waals surface area contributed by atoms with Crippen molar-refractivity contribution in [3.05, 3.63) is 35.4 Å². The Morgan fingerprint density at radius 1 is 1.29 bits per heavy atom. The van der Waals surface area contributed by atoms with Crippen molar-refractivity contribution < 1.29 is 9.53 Å². The first-order valence-corrected chi connectivity index (χ1v) is 7.26. The van der Waals surface area contributed by atoms with Crippen molar-refractivity contribution in [2.75, 3.05) is 33.8 Å². The van der Waals surface area contributed by atoms with Crippen molar-refractivity contribution in [2.45, 2.75) is 19.4 Å². The van der Waals surface area contributed by atoms with Crippen LogP contribution >= 0.6 is 12.4 Å². The summed E-state index contributed by atoms with van der Waals surface area (Å²) in [5.41, 5.74) is 1.87. The van der Waals surface area contributed by atoms with Crippen LogP contribution in [0.15, 0.2) is 24.3 Å². The number of halogens is 1. The monoisotopic (exact) mass is 312 g/mol. The Bertz CT molecular complexity index is 428. The highest BCUT2D eigenvalue weighted by Gasteiger charge is 2.23. The summed E-state index contributed by atoms with van der Waals surface area (Å²) < 4.78 is 5.08. The molecule has 0 aromatic heterocycles. The molecule has 0 bridgehead atoms. The summed E-state index contributed by atoms with van der Waals surface area (Å²) in [6.45, 7) is 3.37. The first kappa shape index (κ1) is 18.0. The van der Waals surface area contributed by atoms with Gasteiger partial charge < -0.3 is 15.0 Å². The topological polar surface area (TPSA) is 41.6 Å². The summed E-state index contributed by atoms with van der Waals surface area (Å²) >= 11 is 0. The number of piperidine rings is 1. The zero-order chi connectivity index (χ0) is 14.4. The summed E-state index contributed by atoms with van der Waals surface area (Å²) in [5, 5.41) is 3.22. The van der Waals surface area contributed by atoms with Crippen LogP contribution in [0.4, 0.5) is 0 Å². The number of nitrogens with zero attached hydrogens (tertiary/aromatic N) is 1. The third kappa shape index (κ3) is 4.99. The van der Waals surface area contributed by atoms with Crippen LogP contribution in [0.1, 0.15) is 28.8 Å². The molecule has 1 aromatic carbocycles. The number of carbonyl (C=O) groups is 1. The number of likely N-dealkylation sites (tertiary alicyclic amines) is 1. The predicted octanol–water partition coefficient (Wildman–Crippen LogP) is 2.33. The molecule has 5 heteroatoms. The largest absolute Gasteiger partial charge is 0.380 e.